The summed E-state index contributed by atoms with van der Waals surface area (Å²) in [6.07, 6.45) is -1.69. The summed E-state index contributed by atoms with van der Waals surface area (Å²) in [6.45, 7) is 1.22. The van der Waals surface area contributed by atoms with Crippen LogP contribution >= 0.6 is 0 Å². The van der Waals surface area contributed by atoms with Crippen LogP contribution < -0.4 is 16.8 Å². The van der Waals surface area contributed by atoms with Gasteiger partial charge in [-0.15, -0.1) is 0 Å². The molecule has 37 heavy (non-hydrogen) atoms. The molecule has 4 unspecified atom stereocenters. The van der Waals surface area contributed by atoms with Crippen molar-refractivity contribution in [3.63, 3.8) is 0 Å². The Morgan fingerprint density at radius 2 is 1.78 bits per heavy atom. The molecule has 1 saturated carbocycles. The highest BCUT2D eigenvalue weighted by Crippen LogP contribution is 2.56. The van der Waals surface area contributed by atoms with Crippen molar-refractivity contribution >= 4 is 34.8 Å². The van der Waals surface area contributed by atoms with Crippen molar-refractivity contribution in [2.45, 2.75) is 30.6 Å². The van der Waals surface area contributed by atoms with E-state index in [1.54, 1.807) is 6.92 Å². The van der Waals surface area contributed by atoms with Gasteiger partial charge in [-0.3, -0.25) is 24.1 Å². The van der Waals surface area contributed by atoms with Crippen molar-refractivity contribution in [1.29, 1.82) is 0 Å². The van der Waals surface area contributed by atoms with Crippen LogP contribution in [0.5, 0.6) is 5.75 Å². The topological polar surface area (TPSA) is 237 Å². The quantitative estimate of drug-likeness (QED) is 0.167. The highest BCUT2D eigenvalue weighted by atomic mass is 16.4. The van der Waals surface area contributed by atoms with E-state index in [0.29, 0.717) is 5.56 Å². The Morgan fingerprint density at radius 1 is 1.16 bits per heavy atom. The third-order valence-corrected chi connectivity index (χ3v) is 7.59. The molecule has 0 heterocycles. The number of Topliss-reactive ketones (excluding diaryl/α,β-unsaturated/α-hetero) is 2. The van der Waals surface area contributed by atoms with Gasteiger partial charge in [0.2, 0.25) is 11.7 Å². The number of fused-ring (bicyclic) bond motifs is 3. The molecule has 1 aromatic rings. The van der Waals surface area contributed by atoms with Crippen molar-refractivity contribution in [1.82, 2.24) is 4.90 Å². The number of rotatable bonds is 4. The first-order valence-corrected chi connectivity index (χ1v) is 11.4. The summed E-state index contributed by atoms with van der Waals surface area (Å²) < 4.78 is 0. The molecule has 198 valence electrons. The maximum Gasteiger partial charge on any atom is 0.255 e. The normalized spacial score (nSPS) is 31.2. The predicted molar refractivity (Wildman–Crippen MR) is 128 cm³/mol. The number of hydrogen-bond donors (Lipinski definition) is 8. The number of carbonyl (C=O) groups excluding carboxylic acids is 4. The molecule has 3 aliphatic carbocycles. The number of phenolic OH excluding ortho intramolecular Hbond substituents is 1. The Labute approximate surface area is 210 Å². The van der Waals surface area contributed by atoms with Crippen LogP contribution in [0, 0.1) is 11.8 Å². The number of nitrogens with two attached hydrogens (primary N) is 2. The number of benzene rings is 1. The molecule has 0 radical (unpaired) electrons. The smallest absolute Gasteiger partial charge is 0.255 e. The standard InChI is InChI=1S/C24H28N4O9/c1-7-8-4-5-9(27-10(29)6-25)17(30)12(8)18(31)13-11(7)19(32)15-16(28(2)3)20(33)14(23(26)36)22(35)24(15,37)21(13)34/h4-5,7,11,15-16,19,30-32,35,37H,6,25H2,1-3H3,(H2,26,36)(H,27,29)/t7?,11?,15?,16-,19?,24-/m0/s1. The van der Waals surface area contributed by atoms with Crippen LogP contribution in [-0.2, 0) is 19.2 Å². The van der Waals surface area contributed by atoms with Gasteiger partial charge >= 0.3 is 0 Å². The van der Waals surface area contributed by atoms with Crippen LogP contribution in [0.25, 0.3) is 5.76 Å². The van der Waals surface area contributed by atoms with Crippen LogP contribution in [0.15, 0.2) is 29.0 Å². The van der Waals surface area contributed by atoms with Gasteiger partial charge in [-0.2, -0.15) is 0 Å². The molecular formula is C24H28N4O9. The van der Waals surface area contributed by atoms with E-state index in [4.69, 9.17) is 11.5 Å². The molecule has 1 fully saturated rings. The fraction of sp³-hybridized carbons (Fsp3) is 0.417. The van der Waals surface area contributed by atoms with E-state index in [0.717, 1.165) is 0 Å². The molecule has 1 aromatic carbocycles. The van der Waals surface area contributed by atoms with E-state index in [1.807, 2.05) is 0 Å². The zero-order chi connectivity index (χ0) is 27.7. The highest BCUT2D eigenvalue weighted by Gasteiger charge is 2.68. The first-order chi connectivity index (χ1) is 17.2. The minimum atomic E-state index is -3.00. The number of ketones is 2. The SMILES string of the molecule is CC1c2ccc(NC(=O)CN)c(O)c2C(O)=C2C(=O)[C@]3(O)C(O)=C(C(N)=O)C(=O)[C@@H](N(C)C)C3C(O)C21. The number of aliphatic hydroxyl groups is 4. The third-order valence-electron chi connectivity index (χ3n) is 7.59. The van der Waals surface area contributed by atoms with Crippen LogP contribution in [-0.4, -0.2) is 92.2 Å². The number of anilines is 1. The Bertz CT molecular complexity index is 1320. The molecule has 13 nitrogen and oxygen atoms in total. The molecule has 0 spiro atoms. The van der Waals surface area contributed by atoms with Gasteiger partial charge in [0, 0.05) is 11.5 Å². The summed E-state index contributed by atoms with van der Waals surface area (Å²) in [6, 6.07) is 1.42. The minimum Gasteiger partial charge on any atom is -0.508 e. The molecule has 0 saturated heterocycles. The van der Waals surface area contributed by atoms with Crippen LogP contribution in [0.1, 0.15) is 24.0 Å². The predicted octanol–water partition coefficient (Wildman–Crippen LogP) is -1.61. The van der Waals surface area contributed by atoms with E-state index < -0.39 is 87.3 Å². The first kappa shape index (κ1) is 26.3. The summed E-state index contributed by atoms with van der Waals surface area (Å²) in [5.41, 5.74) is 6.05. The van der Waals surface area contributed by atoms with E-state index in [-0.39, 0.29) is 17.8 Å². The second kappa shape index (κ2) is 8.66. The number of primary amides is 1. The molecule has 10 N–H and O–H groups in total. The van der Waals surface area contributed by atoms with E-state index >= 15 is 0 Å². The highest BCUT2D eigenvalue weighted by molar-refractivity contribution is 6.24. The number of aromatic hydroxyl groups is 1. The van der Waals surface area contributed by atoms with Crippen molar-refractivity contribution in [2.75, 3.05) is 26.0 Å². The van der Waals surface area contributed by atoms with Gasteiger partial charge in [-0.25, -0.2) is 0 Å². The zero-order valence-electron chi connectivity index (χ0n) is 20.2. The molecule has 13 heteroatoms. The number of carbonyl (C=O) groups is 4. The number of amides is 2. The minimum absolute atomic E-state index is 0.109. The van der Waals surface area contributed by atoms with Crippen LogP contribution in [0.3, 0.4) is 0 Å². The summed E-state index contributed by atoms with van der Waals surface area (Å²) in [7, 11) is 2.86. The summed E-state index contributed by atoms with van der Waals surface area (Å²) in [4.78, 5) is 52.1. The van der Waals surface area contributed by atoms with E-state index in [9.17, 15) is 44.7 Å². The molecule has 6 atom stereocenters. The van der Waals surface area contributed by atoms with Gasteiger partial charge in [0.25, 0.3) is 5.91 Å². The summed E-state index contributed by atoms with van der Waals surface area (Å²) in [5.74, 6) is -10.5. The van der Waals surface area contributed by atoms with Gasteiger partial charge in [-0.1, -0.05) is 13.0 Å². The molecule has 0 aromatic heterocycles. The molecule has 4 rings (SSSR count). The number of hydrogen-bond acceptors (Lipinski definition) is 11. The van der Waals surface area contributed by atoms with Gasteiger partial charge in [0.05, 0.1) is 35.9 Å². The van der Waals surface area contributed by atoms with Gasteiger partial charge in [-0.05, 0) is 31.6 Å². The monoisotopic (exact) mass is 516 g/mol. The summed E-state index contributed by atoms with van der Waals surface area (Å²) in [5, 5.41) is 58.5. The lowest BCUT2D eigenvalue weighted by molar-refractivity contribution is -0.169. The first-order valence-electron chi connectivity index (χ1n) is 11.4. The van der Waals surface area contributed by atoms with Gasteiger partial charge in [0.1, 0.15) is 22.8 Å². The number of nitrogens with one attached hydrogen (secondary N) is 1. The lowest BCUT2D eigenvalue weighted by atomic mass is 9.54. The maximum atomic E-state index is 13.9. The average Bonchev–Trinajstić information content (AvgIpc) is 2.82. The molecule has 3 aliphatic rings. The molecule has 0 bridgehead atoms. The average molecular weight is 517 g/mol. The number of nitrogens with zero attached hydrogens (tertiary/aromatic N) is 1. The van der Waals surface area contributed by atoms with Crippen LogP contribution in [0.4, 0.5) is 5.69 Å². The number of phenols is 1. The number of aliphatic hydroxyl groups excluding tert-OH is 3. The number of likely N-dealkylation sites (N-methyl/N-ethyl adjacent to an activating group) is 1. The molecule has 2 amide bonds. The van der Waals surface area contributed by atoms with Crippen molar-refractivity contribution in [3.05, 3.63) is 40.2 Å². The molecular weight excluding hydrogens is 488 g/mol. The molecule has 0 aliphatic heterocycles. The summed E-state index contributed by atoms with van der Waals surface area (Å²) >= 11 is 0. The third kappa shape index (κ3) is 3.39. The van der Waals surface area contributed by atoms with Gasteiger partial charge in [0.15, 0.2) is 11.4 Å². The Kier molecular flexibility index (Phi) is 6.15. The fourth-order valence-corrected chi connectivity index (χ4v) is 5.92. The zero-order valence-corrected chi connectivity index (χ0v) is 20.2. The second-order valence-corrected chi connectivity index (χ2v) is 9.73. The Hall–Kier alpha value is -3.78. The van der Waals surface area contributed by atoms with Crippen molar-refractivity contribution in [2.24, 2.45) is 23.3 Å². The van der Waals surface area contributed by atoms with Crippen LogP contribution in [0.2, 0.25) is 0 Å². The second-order valence-electron chi connectivity index (χ2n) is 9.73. The Morgan fingerprint density at radius 3 is 2.32 bits per heavy atom. The maximum absolute atomic E-state index is 13.9. The largest absolute Gasteiger partial charge is 0.508 e. The fourth-order valence-electron chi connectivity index (χ4n) is 5.92. The van der Waals surface area contributed by atoms with E-state index in [2.05, 4.69) is 5.32 Å². The van der Waals surface area contributed by atoms with Crippen molar-refractivity contribution < 1.29 is 44.7 Å². The van der Waals surface area contributed by atoms with E-state index in [1.165, 1.54) is 31.1 Å². The lowest BCUT2D eigenvalue weighted by Gasteiger charge is -2.53. The van der Waals surface area contributed by atoms with Gasteiger partial charge < -0.3 is 42.3 Å². The Balaban J connectivity index is 2.01. The van der Waals surface area contributed by atoms with Crippen molar-refractivity contribution in [3.8, 4) is 5.75 Å². The lowest BCUT2D eigenvalue weighted by Crippen LogP contribution is -2.70.